The molecule has 37 heavy (non-hydrogen) atoms. The maximum absolute atomic E-state index is 13.5. The zero-order chi connectivity index (χ0) is 26.4. The number of carbonyl (C=O) groups excluding carboxylic acids is 3. The van der Waals surface area contributed by atoms with Gasteiger partial charge in [0.2, 0.25) is 0 Å². The van der Waals surface area contributed by atoms with E-state index in [2.05, 4.69) is 10.2 Å². The standard InChI is InChI=1S/C28H26N4O5/c1-20(33)21-11-13-24(14-12-21)30-15-17-31(18-16-30)28(35)25(27(34)29-23-8-3-2-4-9-23)19-22-7-5-6-10-26(22)32(36)37/h2-14,19H,15-18H2,1H3,(H,29,34). The fraction of sp³-hybridized carbons (Fsp3) is 0.179. The van der Waals surface area contributed by atoms with Crippen molar-refractivity contribution >= 4 is 40.7 Å². The van der Waals surface area contributed by atoms with E-state index < -0.39 is 16.7 Å². The van der Waals surface area contributed by atoms with Crippen molar-refractivity contribution in [2.75, 3.05) is 36.4 Å². The molecule has 0 aromatic heterocycles. The first-order valence-electron chi connectivity index (χ1n) is 11.8. The lowest BCUT2D eigenvalue weighted by atomic mass is 10.1. The quantitative estimate of drug-likeness (QED) is 0.131. The Labute approximate surface area is 214 Å². The maximum Gasteiger partial charge on any atom is 0.276 e. The van der Waals surface area contributed by atoms with Gasteiger partial charge < -0.3 is 15.1 Å². The molecular weight excluding hydrogens is 472 g/mol. The van der Waals surface area contributed by atoms with E-state index in [1.807, 2.05) is 12.1 Å². The van der Waals surface area contributed by atoms with E-state index >= 15 is 0 Å². The second-order valence-corrected chi connectivity index (χ2v) is 8.58. The molecule has 1 N–H and O–H groups in total. The predicted octanol–water partition coefficient (Wildman–Crippen LogP) is 4.17. The summed E-state index contributed by atoms with van der Waals surface area (Å²) in [5, 5.41) is 14.2. The van der Waals surface area contributed by atoms with Gasteiger partial charge in [-0.15, -0.1) is 0 Å². The van der Waals surface area contributed by atoms with Crippen molar-refractivity contribution in [3.63, 3.8) is 0 Å². The molecule has 3 aromatic carbocycles. The SMILES string of the molecule is CC(=O)c1ccc(N2CCN(C(=O)C(=Cc3ccccc3[N+](=O)[O-])C(=O)Nc3ccccc3)CC2)cc1. The Morgan fingerprint density at radius 1 is 0.865 bits per heavy atom. The molecule has 2 amide bonds. The molecule has 9 nitrogen and oxygen atoms in total. The number of benzene rings is 3. The van der Waals surface area contributed by atoms with E-state index in [4.69, 9.17) is 0 Å². The van der Waals surface area contributed by atoms with Crippen molar-refractivity contribution in [2.45, 2.75) is 6.92 Å². The number of hydrogen-bond donors (Lipinski definition) is 1. The summed E-state index contributed by atoms with van der Waals surface area (Å²) >= 11 is 0. The number of nitro groups is 1. The molecule has 1 fully saturated rings. The third-order valence-corrected chi connectivity index (χ3v) is 6.15. The Kier molecular flexibility index (Phi) is 7.73. The fourth-order valence-electron chi connectivity index (χ4n) is 4.12. The molecule has 0 saturated carbocycles. The third kappa shape index (κ3) is 6.07. The van der Waals surface area contributed by atoms with Gasteiger partial charge in [0.1, 0.15) is 5.57 Å². The molecule has 4 rings (SSSR count). The lowest BCUT2D eigenvalue weighted by Crippen LogP contribution is -2.50. The molecule has 0 aliphatic carbocycles. The molecule has 1 aliphatic rings. The minimum atomic E-state index is -0.642. The summed E-state index contributed by atoms with van der Waals surface area (Å²) < 4.78 is 0. The van der Waals surface area contributed by atoms with Gasteiger partial charge in [-0.05, 0) is 55.5 Å². The number of hydrogen-bond acceptors (Lipinski definition) is 6. The third-order valence-electron chi connectivity index (χ3n) is 6.15. The minimum Gasteiger partial charge on any atom is -0.368 e. The number of para-hydroxylation sites is 2. The van der Waals surface area contributed by atoms with Crippen LogP contribution in [0.5, 0.6) is 0 Å². The summed E-state index contributed by atoms with van der Waals surface area (Å²) in [7, 11) is 0. The summed E-state index contributed by atoms with van der Waals surface area (Å²) in [5.41, 5.74) is 1.87. The highest BCUT2D eigenvalue weighted by Crippen LogP contribution is 2.23. The van der Waals surface area contributed by atoms with Crippen molar-refractivity contribution in [1.82, 2.24) is 4.90 Å². The summed E-state index contributed by atoms with van der Waals surface area (Å²) in [6.45, 7) is 3.30. The van der Waals surface area contributed by atoms with Crippen molar-refractivity contribution in [1.29, 1.82) is 0 Å². The Bertz CT molecular complexity index is 1340. The number of piperazine rings is 1. The summed E-state index contributed by atoms with van der Waals surface area (Å²) in [5.74, 6) is -1.15. The van der Waals surface area contributed by atoms with E-state index in [-0.39, 0.29) is 22.6 Å². The molecule has 1 saturated heterocycles. The second kappa shape index (κ2) is 11.3. The van der Waals surface area contributed by atoms with Gasteiger partial charge >= 0.3 is 0 Å². The highest BCUT2D eigenvalue weighted by Gasteiger charge is 2.28. The molecule has 1 heterocycles. The van der Waals surface area contributed by atoms with E-state index in [0.29, 0.717) is 37.4 Å². The van der Waals surface area contributed by atoms with Gasteiger partial charge in [0.15, 0.2) is 5.78 Å². The Morgan fingerprint density at radius 2 is 1.49 bits per heavy atom. The number of carbonyl (C=O) groups is 3. The first kappa shape index (κ1) is 25.3. The number of rotatable bonds is 7. The molecule has 0 bridgehead atoms. The maximum atomic E-state index is 13.5. The van der Waals surface area contributed by atoms with Gasteiger partial charge in [-0.1, -0.05) is 30.3 Å². The molecule has 3 aromatic rings. The van der Waals surface area contributed by atoms with Gasteiger partial charge in [-0.2, -0.15) is 0 Å². The van der Waals surface area contributed by atoms with Gasteiger partial charge in [-0.3, -0.25) is 24.5 Å². The number of nitrogens with zero attached hydrogens (tertiary/aromatic N) is 3. The summed E-state index contributed by atoms with van der Waals surface area (Å²) in [6, 6.07) is 22.0. The summed E-state index contributed by atoms with van der Waals surface area (Å²) in [6.07, 6.45) is 1.28. The minimum absolute atomic E-state index is 0.00582. The largest absolute Gasteiger partial charge is 0.368 e. The highest BCUT2D eigenvalue weighted by atomic mass is 16.6. The van der Waals surface area contributed by atoms with Gasteiger partial charge in [0.05, 0.1) is 10.5 Å². The van der Waals surface area contributed by atoms with Crippen LogP contribution >= 0.6 is 0 Å². The molecule has 1 aliphatic heterocycles. The van der Waals surface area contributed by atoms with E-state index in [1.54, 1.807) is 53.4 Å². The van der Waals surface area contributed by atoms with Crippen molar-refractivity contribution < 1.29 is 19.3 Å². The van der Waals surface area contributed by atoms with Crippen LogP contribution in [-0.4, -0.2) is 53.6 Å². The first-order chi connectivity index (χ1) is 17.8. The topological polar surface area (TPSA) is 113 Å². The van der Waals surface area contributed by atoms with Crippen molar-refractivity contribution in [3.8, 4) is 0 Å². The molecule has 0 spiro atoms. The Balaban J connectivity index is 1.56. The number of ketones is 1. The lowest BCUT2D eigenvalue weighted by molar-refractivity contribution is -0.385. The summed E-state index contributed by atoms with van der Waals surface area (Å²) in [4.78, 5) is 53.0. The van der Waals surface area contributed by atoms with Gasteiger partial charge in [0, 0.05) is 49.2 Å². The molecule has 0 atom stereocenters. The smallest absolute Gasteiger partial charge is 0.276 e. The molecule has 9 heteroatoms. The first-order valence-corrected chi connectivity index (χ1v) is 11.8. The predicted molar refractivity (Wildman–Crippen MR) is 141 cm³/mol. The van der Waals surface area contributed by atoms with E-state index in [0.717, 1.165) is 5.69 Å². The van der Waals surface area contributed by atoms with E-state index in [9.17, 15) is 24.5 Å². The Hall–Kier alpha value is -4.79. The van der Waals surface area contributed by atoms with Crippen LogP contribution in [0.25, 0.3) is 6.08 Å². The monoisotopic (exact) mass is 498 g/mol. The van der Waals surface area contributed by atoms with Crippen molar-refractivity contribution in [2.24, 2.45) is 0 Å². The molecule has 0 radical (unpaired) electrons. The zero-order valence-electron chi connectivity index (χ0n) is 20.3. The van der Waals surface area contributed by atoms with Crippen molar-refractivity contribution in [3.05, 3.63) is 106 Å². The van der Waals surface area contributed by atoms with Crippen LogP contribution in [0.4, 0.5) is 17.1 Å². The van der Waals surface area contributed by atoms with Crippen LogP contribution in [0.15, 0.2) is 84.4 Å². The molecular formula is C28H26N4O5. The van der Waals surface area contributed by atoms with Crippen LogP contribution in [0.1, 0.15) is 22.8 Å². The lowest BCUT2D eigenvalue weighted by Gasteiger charge is -2.36. The van der Waals surface area contributed by atoms with Crippen LogP contribution in [0.3, 0.4) is 0 Å². The second-order valence-electron chi connectivity index (χ2n) is 8.58. The molecule has 188 valence electrons. The zero-order valence-corrected chi connectivity index (χ0v) is 20.3. The van der Waals surface area contributed by atoms with E-state index in [1.165, 1.54) is 31.2 Å². The van der Waals surface area contributed by atoms with Crippen LogP contribution in [-0.2, 0) is 9.59 Å². The Morgan fingerprint density at radius 3 is 2.11 bits per heavy atom. The van der Waals surface area contributed by atoms with Gasteiger partial charge in [0.25, 0.3) is 17.5 Å². The number of Topliss-reactive ketones (excluding diaryl/α,β-unsaturated/α-hetero) is 1. The average Bonchev–Trinajstić information content (AvgIpc) is 2.92. The fourth-order valence-corrected chi connectivity index (χ4v) is 4.12. The number of nitro benzene ring substituents is 1. The number of amides is 2. The average molecular weight is 499 g/mol. The van der Waals surface area contributed by atoms with Crippen LogP contribution in [0, 0.1) is 10.1 Å². The normalized spacial score (nSPS) is 13.7. The molecule has 0 unspecified atom stereocenters. The highest BCUT2D eigenvalue weighted by molar-refractivity contribution is 6.25. The number of anilines is 2. The van der Waals surface area contributed by atoms with Crippen LogP contribution in [0.2, 0.25) is 0 Å². The number of nitrogens with one attached hydrogen (secondary N) is 1. The van der Waals surface area contributed by atoms with Gasteiger partial charge in [-0.25, -0.2) is 0 Å². The van der Waals surface area contributed by atoms with Crippen LogP contribution < -0.4 is 10.2 Å².